The highest BCUT2D eigenvalue weighted by atomic mass is 19.3. The van der Waals surface area contributed by atoms with Crippen LogP contribution < -0.4 is 0 Å². The molecule has 4 heteroatoms. The highest BCUT2D eigenvalue weighted by Crippen LogP contribution is 2.69. The number of ketones is 1. The zero-order chi connectivity index (χ0) is 18.9. The summed E-state index contributed by atoms with van der Waals surface area (Å²) in [5.74, 6) is 1.20. The first-order chi connectivity index (χ1) is 12.1. The van der Waals surface area contributed by atoms with Gasteiger partial charge in [0, 0.05) is 11.3 Å². The molecule has 4 rings (SSSR count). The van der Waals surface area contributed by atoms with Crippen molar-refractivity contribution in [1.82, 2.24) is 0 Å². The fourth-order valence-electron chi connectivity index (χ4n) is 8.24. The lowest BCUT2D eigenvalue weighted by atomic mass is 9.43. The van der Waals surface area contributed by atoms with Crippen LogP contribution >= 0.6 is 0 Å². The molecule has 0 aliphatic heterocycles. The van der Waals surface area contributed by atoms with E-state index < -0.39 is 17.4 Å². The zero-order valence-electron chi connectivity index (χ0n) is 16.4. The predicted molar refractivity (Wildman–Crippen MR) is 96.9 cm³/mol. The van der Waals surface area contributed by atoms with Gasteiger partial charge >= 0.3 is 0 Å². The summed E-state index contributed by atoms with van der Waals surface area (Å²) in [6.45, 7) is 5.80. The van der Waals surface area contributed by atoms with Gasteiger partial charge in [0.05, 0.1) is 5.60 Å². The number of fused-ring (bicyclic) bond motifs is 5. The molecular formula is C22H34F2O2. The number of alkyl halides is 2. The maximum Gasteiger partial charge on any atom is 0.244 e. The Balaban J connectivity index is 1.67. The Bertz CT molecular complexity index is 589. The Morgan fingerprint density at radius 3 is 2.38 bits per heavy atom. The number of carbonyl (C=O) groups is 1. The van der Waals surface area contributed by atoms with Crippen LogP contribution in [0.2, 0.25) is 0 Å². The van der Waals surface area contributed by atoms with Crippen LogP contribution in [0.25, 0.3) is 0 Å². The van der Waals surface area contributed by atoms with Crippen LogP contribution in [0.5, 0.6) is 0 Å². The molecule has 0 amide bonds. The van der Waals surface area contributed by atoms with Gasteiger partial charge in [0.25, 0.3) is 0 Å². The summed E-state index contributed by atoms with van der Waals surface area (Å²) in [6.07, 6.45) is 4.74. The van der Waals surface area contributed by atoms with Crippen LogP contribution in [-0.4, -0.2) is 22.9 Å². The molecule has 0 aromatic carbocycles. The van der Waals surface area contributed by atoms with E-state index in [1.54, 1.807) is 6.92 Å². The third-order valence-corrected chi connectivity index (χ3v) is 9.42. The van der Waals surface area contributed by atoms with E-state index in [2.05, 4.69) is 6.92 Å². The van der Waals surface area contributed by atoms with E-state index in [4.69, 9.17) is 0 Å². The molecule has 0 bridgehead atoms. The Morgan fingerprint density at radius 1 is 1.00 bits per heavy atom. The highest BCUT2D eigenvalue weighted by molar-refractivity contribution is 5.79. The monoisotopic (exact) mass is 368 g/mol. The largest absolute Gasteiger partial charge is 0.390 e. The molecule has 8 atom stereocenters. The van der Waals surface area contributed by atoms with Crippen LogP contribution in [0.1, 0.15) is 78.6 Å². The van der Waals surface area contributed by atoms with Crippen molar-refractivity contribution in [2.24, 2.45) is 40.4 Å². The summed E-state index contributed by atoms with van der Waals surface area (Å²) < 4.78 is 29.2. The number of Topliss-reactive ketones (excluding diaryl/α,β-unsaturated/α-hetero) is 1. The van der Waals surface area contributed by atoms with E-state index in [0.717, 1.165) is 38.5 Å². The van der Waals surface area contributed by atoms with Gasteiger partial charge in [-0.3, -0.25) is 4.79 Å². The van der Waals surface area contributed by atoms with Gasteiger partial charge < -0.3 is 5.11 Å². The molecule has 4 fully saturated rings. The third-order valence-electron chi connectivity index (χ3n) is 9.42. The molecule has 0 heterocycles. The minimum atomic E-state index is -2.30. The number of aliphatic hydroxyl groups is 1. The molecule has 0 saturated heterocycles. The molecule has 0 radical (unpaired) electrons. The number of halogens is 2. The van der Waals surface area contributed by atoms with Gasteiger partial charge in [0.2, 0.25) is 6.43 Å². The molecule has 4 saturated carbocycles. The van der Waals surface area contributed by atoms with Crippen molar-refractivity contribution in [3.05, 3.63) is 0 Å². The first-order valence-electron chi connectivity index (χ1n) is 10.6. The van der Waals surface area contributed by atoms with Gasteiger partial charge in [-0.25, -0.2) is 8.78 Å². The highest BCUT2D eigenvalue weighted by Gasteiger charge is 2.65. The summed E-state index contributed by atoms with van der Waals surface area (Å²) in [7, 11) is 0. The number of rotatable bonds is 2. The maximum absolute atomic E-state index is 14.6. The average molecular weight is 369 g/mol. The molecule has 0 aromatic rings. The summed E-state index contributed by atoms with van der Waals surface area (Å²) in [5.41, 5.74) is -1.67. The molecule has 2 nitrogen and oxygen atoms in total. The van der Waals surface area contributed by atoms with E-state index in [-0.39, 0.29) is 23.2 Å². The summed E-state index contributed by atoms with van der Waals surface area (Å²) >= 11 is 0. The van der Waals surface area contributed by atoms with Crippen molar-refractivity contribution in [1.29, 1.82) is 0 Å². The Kier molecular flexibility index (Phi) is 4.34. The molecule has 1 unspecified atom stereocenters. The second kappa shape index (κ2) is 5.99. The van der Waals surface area contributed by atoms with Crippen molar-refractivity contribution in [3.8, 4) is 0 Å². The van der Waals surface area contributed by atoms with Crippen LogP contribution in [0.15, 0.2) is 0 Å². The van der Waals surface area contributed by atoms with Gasteiger partial charge in [-0.15, -0.1) is 0 Å². The second-order valence-corrected chi connectivity index (χ2v) is 10.6. The van der Waals surface area contributed by atoms with Gasteiger partial charge in [0.1, 0.15) is 5.78 Å². The number of carbonyl (C=O) groups excluding carboxylic acids is 1. The van der Waals surface area contributed by atoms with Crippen LogP contribution in [0.4, 0.5) is 8.78 Å². The van der Waals surface area contributed by atoms with E-state index >= 15 is 0 Å². The fraction of sp³-hybridized carbons (Fsp3) is 0.955. The third kappa shape index (κ3) is 2.46. The normalized spacial score (nSPS) is 53.7. The van der Waals surface area contributed by atoms with Crippen LogP contribution in [0.3, 0.4) is 0 Å². The number of hydrogen-bond donors (Lipinski definition) is 1. The van der Waals surface area contributed by atoms with Crippen molar-refractivity contribution in [2.75, 3.05) is 0 Å². The molecule has 26 heavy (non-hydrogen) atoms. The first kappa shape index (κ1) is 18.8. The summed E-state index contributed by atoms with van der Waals surface area (Å²) in [4.78, 5) is 12.2. The fourth-order valence-corrected chi connectivity index (χ4v) is 8.24. The van der Waals surface area contributed by atoms with Crippen molar-refractivity contribution >= 4 is 5.78 Å². The average Bonchev–Trinajstić information content (AvgIpc) is 2.90. The lowest BCUT2D eigenvalue weighted by molar-refractivity contribution is -0.207. The predicted octanol–water partition coefficient (Wildman–Crippen LogP) is 5.23. The Hall–Kier alpha value is -0.510. The van der Waals surface area contributed by atoms with E-state index in [9.17, 15) is 18.7 Å². The minimum absolute atomic E-state index is 0.0172. The molecular weight excluding hydrogens is 334 g/mol. The maximum atomic E-state index is 14.6. The molecule has 1 N–H and O–H groups in total. The van der Waals surface area contributed by atoms with E-state index in [1.165, 1.54) is 0 Å². The van der Waals surface area contributed by atoms with Crippen molar-refractivity contribution < 1.29 is 18.7 Å². The Labute approximate surface area is 156 Å². The zero-order valence-corrected chi connectivity index (χ0v) is 16.4. The molecule has 148 valence electrons. The van der Waals surface area contributed by atoms with Crippen LogP contribution in [-0.2, 0) is 4.79 Å². The van der Waals surface area contributed by atoms with Crippen molar-refractivity contribution in [3.63, 3.8) is 0 Å². The molecule has 0 aromatic heterocycles. The lowest BCUT2D eigenvalue weighted by Crippen LogP contribution is -2.59. The SMILES string of the molecule is CC(=O)[C@H]1CC[C@H]2[C@@H]3CCC4C[C@](C)(O)CC[C@]4(C(F)F)[C@H]3CC[C@]12C. The quantitative estimate of drug-likeness (QED) is 0.724. The minimum Gasteiger partial charge on any atom is -0.390 e. The van der Waals surface area contributed by atoms with Gasteiger partial charge in [0.15, 0.2) is 0 Å². The van der Waals surface area contributed by atoms with Crippen molar-refractivity contribution in [2.45, 2.75) is 90.6 Å². The lowest BCUT2D eigenvalue weighted by Gasteiger charge is -2.62. The molecule has 4 aliphatic carbocycles. The Morgan fingerprint density at radius 2 is 1.73 bits per heavy atom. The first-order valence-corrected chi connectivity index (χ1v) is 10.6. The summed E-state index contributed by atoms with van der Waals surface area (Å²) in [5, 5.41) is 10.5. The second-order valence-electron chi connectivity index (χ2n) is 10.6. The smallest absolute Gasteiger partial charge is 0.244 e. The molecule has 4 aliphatic rings. The standard InChI is InChI=1S/C22H34F2O2/c1-13(25)16-6-7-17-15-5-4-14-12-20(2,26)10-11-22(14,19(23)24)18(15)8-9-21(16,17)3/h14-19,26H,4-12H2,1-3H3/t14?,15-,16+,17-,18-,20+,21+,22+/m0/s1. The van der Waals surface area contributed by atoms with E-state index in [0.29, 0.717) is 36.9 Å². The summed E-state index contributed by atoms with van der Waals surface area (Å²) in [6, 6.07) is 0. The topological polar surface area (TPSA) is 37.3 Å². The van der Waals surface area contributed by atoms with Crippen LogP contribution in [0, 0.1) is 40.4 Å². The number of hydrogen-bond acceptors (Lipinski definition) is 2. The van der Waals surface area contributed by atoms with E-state index in [1.807, 2.05) is 6.92 Å². The van der Waals surface area contributed by atoms with Gasteiger partial charge in [-0.05, 0) is 101 Å². The molecule has 0 spiro atoms. The van der Waals surface area contributed by atoms with Gasteiger partial charge in [-0.2, -0.15) is 0 Å². The van der Waals surface area contributed by atoms with Gasteiger partial charge in [-0.1, -0.05) is 6.92 Å².